The molecular formula is C14H12Cl2N2O3S. The van der Waals surface area contributed by atoms with Gasteiger partial charge in [-0.15, -0.1) is 0 Å². The molecule has 0 atom stereocenters. The van der Waals surface area contributed by atoms with Crippen LogP contribution in [-0.2, 0) is 14.1 Å². The maximum atomic E-state index is 12.2. The van der Waals surface area contributed by atoms with Crippen molar-refractivity contribution in [3.8, 4) is 0 Å². The second kappa shape index (κ2) is 6.73. The Labute approximate surface area is 140 Å². The summed E-state index contributed by atoms with van der Waals surface area (Å²) in [4.78, 5) is 35.6. The zero-order valence-electron chi connectivity index (χ0n) is 11.8. The van der Waals surface area contributed by atoms with Crippen LogP contribution in [0.1, 0.15) is 10.4 Å². The summed E-state index contributed by atoms with van der Waals surface area (Å²) in [6.07, 6.45) is 0. The van der Waals surface area contributed by atoms with Crippen molar-refractivity contribution in [2.75, 3.05) is 5.75 Å². The molecule has 5 nitrogen and oxygen atoms in total. The predicted molar refractivity (Wildman–Crippen MR) is 88.4 cm³/mol. The second-order valence-electron chi connectivity index (χ2n) is 4.56. The molecule has 0 N–H and O–H groups in total. The van der Waals surface area contributed by atoms with Crippen molar-refractivity contribution >= 4 is 40.7 Å². The number of hydrogen-bond donors (Lipinski definition) is 0. The molecule has 22 heavy (non-hydrogen) atoms. The molecule has 0 aliphatic rings. The minimum Gasteiger partial charge on any atom is -0.293 e. The zero-order valence-corrected chi connectivity index (χ0v) is 14.1. The highest BCUT2D eigenvalue weighted by Crippen LogP contribution is 2.23. The molecule has 2 aromatic rings. The van der Waals surface area contributed by atoms with Crippen molar-refractivity contribution < 1.29 is 4.79 Å². The minimum absolute atomic E-state index is 0.0573. The van der Waals surface area contributed by atoms with Crippen LogP contribution >= 0.6 is 35.0 Å². The Morgan fingerprint density at radius 1 is 1.14 bits per heavy atom. The lowest BCUT2D eigenvalue weighted by atomic mass is 10.1. The van der Waals surface area contributed by atoms with Gasteiger partial charge in [0, 0.05) is 30.7 Å². The maximum Gasteiger partial charge on any atom is 0.331 e. The number of nitrogens with zero attached hydrogens (tertiary/aromatic N) is 2. The number of thioether (sulfide) groups is 1. The third kappa shape index (κ3) is 3.45. The monoisotopic (exact) mass is 358 g/mol. The van der Waals surface area contributed by atoms with Gasteiger partial charge in [-0.1, -0.05) is 35.0 Å². The molecule has 0 saturated carbocycles. The average molecular weight is 359 g/mol. The van der Waals surface area contributed by atoms with Crippen molar-refractivity contribution in [2.24, 2.45) is 14.1 Å². The number of carbonyl (C=O) groups is 1. The van der Waals surface area contributed by atoms with Gasteiger partial charge >= 0.3 is 5.69 Å². The van der Waals surface area contributed by atoms with E-state index in [9.17, 15) is 14.4 Å². The van der Waals surface area contributed by atoms with E-state index in [2.05, 4.69) is 0 Å². The number of Topliss-reactive ketones (excluding diaryl/α,β-unsaturated/α-hetero) is 1. The Morgan fingerprint density at radius 2 is 1.82 bits per heavy atom. The Bertz CT molecular complexity index is 858. The lowest BCUT2D eigenvalue weighted by Gasteiger charge is -2.09. The SMILES string of the molecule is Cn1c(SCC(=O)c2ccc(Cl)cc2Cl)cc(=O)n(C)c1=O. The molecule has 0 bridgehead atoms. The first-order valence-corrected chi connectivity index (χ1v) is 7.93. The molecule has 0 saturated heterocycles. The van der Waals surface area contributed by atoms with Crippen molar-refractivity contribution in [3.05, 3.63) is 60.7 Å². The molecule has 0 aliphatic heterocycles. The van der Waals surface area contributed by atoms with Gasteiger partial charge in [-0.25, -0.2) is 4.79 Å². The number of benzene rings is 1. The average Bonchev–Trinajstić information content (AvgIpc) is 2.47. The molecule has 0 unspecified atom stereocenters. The summed E-state index contributed by atoms with van der Waals surface area (Å²) in [6.45, 7) is 0. The first kappa shape index (κ1) is 16.9. The lowest BCUT2D eigenvalue weighted by molar-refractivity contribution is 0.102. The van der Waals surface area contributed by atoms with Gasteiger partial charge in [0.15, 0.2) is 5.78 Å². The molecule has 1 heterocycles. The molecule has 0 aliphatic carbocycles. The van der Waals surface area contributed by atoms with Crippen LogP contribution in [0.15, 0.2) is 38.9 Å². The molecule has 0 spiro atoms. The summed E-state index contributed by atoms with van der Waals surface area (Å²) in [5.41, 5.74) is -0.498. The quantitative estimate of drug-likeness (QED) is 0.478. The molecule has 2 rings (SSSR count). The van der Waals surface area contributed by atoms with E-state index in [1.54, 1.807) is 19.2 Å². The first-order chi connectivity index (χ1) is 10.3. The largest absolute Gasteiger partial charge is 0.331 e. The van der Waals surface area contributed by atoms with E-state index >= 15 is 0 Å². The van der Waals surface area contributed by atoms with E-state index in [4.69, 9.17) is 23.2 Å². The van der Waals surface area contributed by atoms with Gasteiger partial charge in [-0.2, -0.15) is 0 Å². The van der Waals surface area contributed by atoms with Crippen LogP contribution < -0.4 is 11.2 Å². The highest BCUT2D eigenvalue weighted by Gasteiger charge is 2.13. The van der Waals surface area contributed by atoms with Crippen molar-refractivity contribution in [3.63, 3.8) is 0 Å². The van der Waals surface area contributed by atoms with Gasteiger partial charge in [0.1, 0.15) is 0 Å². The van der Waals surface area contributed by atoms with E-state index in [1.807, 2.05) is 0 Å². The van der Waals surface area contributed by atoms with E-state index in [0.717, 1.165) is 16.3 Å². The summed E-state index contributed by atoms with van der Waals surface area (Å²) in [7, 11) is 2.95. The van der Waals surface area contributed by atoms with E-state index in [1.165, 1.54) is 23.7 Å². The van der Waals surface area contributed by atoms with Gasteiger partial charge < -0.3 is 0 Å². The number of halogens is 2. The fraction of sp³-hybridized carbons (Fsp3) is 0.214. The van der Waals surface area contributed by atoms with Gasteiger partial charge in [-0.05, 0) is 18.2 Å². The van der Waals surface area contributed by atoms with Crippen LogP contribution in [0.3, 0.4) is 0 Å². The van der Waals surface area contributed by atoms with Crippen molar-refractivity contribution in [1.29, 1.82) is 0 Å². The number of ketones is 1. The summed E-state index contributed by atoms with van der Waals surface area (Å²) in [5, 5.41) is 1.14. The fourth-order valence-corrected chi connectivity index (χ4v) is 3.19. The van der Waals surface area contributed by atoms with Crippen LogP contribution in [0.25, 0.3) is 0 Å². The number of carbonyl (C=O) groups excluding carboxylic acids is 1. The van der Waals surface area contributed by atoms with Gasteiger partial charge in [-0.3, -0.25) is 18.7 Å². The molecule has 1 aromatic heterocycles. The predicted octanol–water partition coefficient (Wildman–Crippen LogP) is 2.37. The van der Waals surface area contributed by atoms with Crippen LogP contribution in [0.5, 0.6) is 0 Å². The smallest absolute Gasteiger partial charge is 0.293 e. The van der Waals surface area contributed by atoms with Crippen LogP contribution in [0, 0.1) is 0 Å². The topological polar surface area (TPSA) is 61.1 Å². The summed E-state index contributed by atoms with van der Waals surface area (Å²) in [5.74, 6) is -0.151. The summed E-state index contributed by atoms with van der Waals surface area (Å²) >= 11 is 12.9. The van der Waals surface area contributed by atoms with Crippen LogP contribution in [0.4, 0.5) is 0 Å². The highest BCUT2D eigenvalue weighted by atomic mass is 35.5. The molecule has 0 fully saturated rings. The van der Waals surface area contributed by atoms with E-state index < -0.39 is 11.2 Å². The minimum atomic E-state index is -0.438. The molecule has 0 amide bonds. The summed E-state index contributed by atoms with van der Waals surface area (Å²) < 4.78 is 2.32. The Morgan fingerprint density at radius 3 is 2.45 bits per heavy atom. The maximum absolute atomic E-state index is 12.2. The van der Waals surface area contributed by atoms with E-state index in [-0.39, 0.29) is 16.6 Å². The molecule has 1 aromatic carbocycles. The van der Waals surface area contributed by atoms with Gasteiger partial charge in [0.25, 0.3) is 5.56 Å². The third-order valence-electron chi connectivity index (χ3n) is 3.06. The Balaban J connectivity index is 2.22. The Hall–Kier alpha value is -1.50. The van der Waals surface area contributed by atoms with Gasteiger partial charge in [0.2, 0.25) is 0 Å². The fourth-order valence-electron chi connectivity index (χ4n) is 1.78. The Kier molecular flexibility index (Phi) is 5.16. The standard InChI is InChI=1S/C14H12Cl2N2O3S/c1-17-12(20)6-13(18(2)14(17)21)22-7-11(19)9-4-3-8(15)5-10(9)16/h3-6H,7H2,1-2H3. The summed E-state index contributed by atoms with van der Waals surface area (Å²) in [6, 6.07) is 5.95. The zero-order chi connectivity index (χ0) is 16.4. The van der Waals surface area contributed by atoms with E-state index in [0.29, 0.717) is 15.6 Å². The second-order valence-corrected chi connectivity index (χ2v) is 6.40. The normalized spacial score (nSPS) is 10.7. The molecule has 8 heteroatoms. The highest BCUT2D eigenvalue weighted by molar-refractivity contribution is 7.99. The number of hydrogen-bond acceptors (Lipinski definition) is 4. The number of rotatable bonds is 4. The number of aromatic nitrogens is 2. The molecule has 116 valence electrons. The van der Waals surface area contributed by atoms with Crippen LogP contribution in [0.2, 0.25) is 10.0 Å². The van der Waals surface area contributed by atoms with Crippen molar-refractivity contribution in [1.82, 2.24) is 9.13 Å². The molecule has 0 radical (unpaired) electrons. The first-order valence-electron chi connectivity index (χ1n) is 6.19. The van der Waals surface area contributed by atoms with Crippen LogP contribution in [-0.4, -0.2) is 20.7 Å². The lowest BCUT2D eigenvalue weighted by Crippen LogP contribution is -2.37. The third-order valence-corrected chi connectivity index (χ3v) is 4.71. The van der Waals surface area contributed by atoms with Gasteiger partial charge in [0.05, 0.1) is 15.8 Å². The molecular weight excluding hydrogens is 347 g/mol. The van der Waals surface area contributed by atoms with Crippen molar-refractivity contribution in [2.45, 2.75) is 5.03 Å².